The third kappa shape index (κ3) is 5.29. The third-order valence-electron chi connectivity index (χ3n) is 7.32. The Kier molecular flexibility index (Phi) is 6.92. The highest BCUT2D eigenvalue weighted by atomic mass is 35.5. The van der Waals surface area contributed by atoms with Gasteiger partial charge in [-0.15, -0.1) is 0 Å². The van der Waals surface area contributed by atoms with Crippen LogP contribution in [0.2, 0.25) is 5.15 Å². The van der Waals surface area contributed by atoms with Crippen molar-refractivity contribution in [1.29, 1.82) is 0 Å². The number of likely N-dealkylation sites (tertiary alicyclic amines) is 2. The number of aryl methyl sites for hydroxylation is 2. The highest BCUT2D eigenvalue weighted by Gasteiger charge is 2.41. The van der Waals surface area contributed by atoms with Crippen LogP contribution in [0.1, 0.15) is 75.9 Å². The molecule has 2 aliphatic heterocycles. The Morgan fingerprint density at radius 2 is 1.94 bits per heavy atom. The van der Waals surface area contributed by atoms with Gasteiger partial charge in [-0.3, -0.25) is 9.48 Å². The van der Waals surface area contributed by atoms with Crippen molar-refractivity contribution in [3.05, 3.63) is 22.5 Å². The summed E-state index contributed by atoms with van der Waals surface area (Å²) in [5, 5.41) is 9.08. The largest absolute Gasteiger partial charge is 0.361 e. The molecule has 0 aliphatic carbocycles. The van der Waals surface area contributed by atoms with Gasteiger partial charge in [-0.05, 0) is 76.4 Å². The normalized spacial score (nSPS) is 19.4. The summed E-state index contributed by atoms with van der Waals surface area (Å²) >= 11 is 6.66. The van der Waals surface area contributed by atoms with Crippen LogP contribution in [0.4, 0.5) is 0 Å². The molecule has 2 aromatic rings. The number of halogens is 1. The molecule has 0 bridgehead atoms. The molecule has 1 amide bonds. The maximum atomic E-state index is 13.8. The minimum absolute atomic E-state index is 0.0374. The topological polar surface area (TPSA) is 67.4 Å². The smallest absolute Gasteiger partial charge is 0.259 e. The van der Waals surface area contributed by atoms with E-state index in [-0.39, 0.29) is 11.3 Å². The van der Waals surface area contributed by atoms with E-state index in [4.69, 9.17) is 16.1 Å². The molecule has 2 fully saturated rings. The van der Waals surface area contributed by atoms with Crippen LogP contribution in [0.3, 0.4) is 0 Å². The number of hydrogen-bond acceptors (Lipinski definition) is 5. The van der Waals surface area contributed by atoms with Crippen molar-refractivity contribution >= 4 is 17.5 Å². The fourth-order valence-corrected chi connectivity index (χ4v) is 5.52. The second-order valence-corrected chi connectivity index (χ2v) is 11.5. The predicted molar refractivity (Wildman–Crippen MR) is 130 cm³/mol. The number of amides is 1. The fourth-order valence-electron chi connectivity index (χ4n) is 5.19. The predicted octanol–water partition coefficient (Wildman–Crippen LogP) is 5.27. The summed E-state index contributed by atoms with van der Waals surface area (Å²) in [6.07, 6.45) is 5.75. The Morgan fingerprint density at radius 3 is 2.55 bits per heavy atom. The first-order chi connectivity index (χ1) is 15.6. The van der Waals surface area contributed by atoms with Gasteiger partial charge in [-0.25, -0.2) is 0 Å². The van der Waals surface area contributed by atoms with E-state index in [1.807, 2.05) is 18.7 Å². The third-order valence-corrected chi connectivity index (χ3v) is 7.70. The van der Waals surface area contributed by atoms with Gasteiger partial charge in [-0.1, -0.05) is 37.5 Å². The van der Waals surface area contributed by atoms with Crippen molar-refractivity contribution in [3.63, 3.8) is 0 Å². The Morgan fingerprint density at radius 1 is 1.21 bits per heavy atom. The van der Waals surface area contributed by atoms with Crippen LogP contribution in [0.15, 0.2) is 10.6 Å². The number of rotatable bonds is 5. The molecule has 0 atom stereocenters. The summed E-state index contributed by atoms with van der Waals surface area (Å²) in [7, 11) is 0. The molecule has 7 nitrogen and oxygen atoms in total. The molecular weight excluding hydrogens is 438 g/mol. The molecule has 0 radical (unpaired) electrons. The van der Waals surface area contributed by atoms with E-state index in [9.17, 15) is 4.79 Å². The number of nitrogens with zero attached hydrogens (tertiary/aromatic N) is 5. The number of hydrogen-bond donors (Lipinski definition) is 0. The van der Waals surface area contributed by atoms with E-state index in [2.05, 4.69) is 35.9 Å². The standard InChI is InChI=1S/C25H38ClN5O2/c1-6-31-22(26)20(21(27-31)19-16-18(2)33-28-19)23(32)30-12-7-8-25(17-30)10-14-29(15-11-25)13-9-24(3,4)5/h16H,6-15,17H2,1-5H3. The van der Waals surface area contributed by atoms with E-state index in [0.29, 0.717) is 39.8 Å². The molecule has 4 rings (SSSR count). The summed E-state index contributed by atoms with van der Waals surface area (Å²) in [6, 6.07) is 1.81. The van der Waals surface area contributed by atoms with Crippen LogP contribution < -0.4 is 0 Å². The van der Waals surface area contributed by atoms with Crippen molar-refractivity contribution in [2.24, 2.45) is 10.8 Å². The zero-order valence-electron chi connectivity index (χ0n) is 20.8. The van der Waals surface area contributed by atoms with E-state index >= 15 is 0 Å². The van der Waals surface area contributed by atoms with Gasteiger partial charge in [0.2, 0.25) is 0 Å². The molecule has 2 saturated heterocycles. The number of carbonyl (C=O) groups is 1. The summed E-state index contributed by atoms with van der Waals surface area (Å²) in [5.74, 6) is 0.644. The van der Waals surface area contributed by atoms with E-state index in [0.717, 1.165) is 52.0 Å². The van der Waals surface area contributed by atoms with Gasteiger partial charge in [-0.2, -0.15) is 5.10 Å². The molecule has 4 heterocycles. The van der Waals surface area contributed by atoms with Crippen molar-refractivity contribution < 1.29 is 9.32 Å². The average molecular weight is 476 g/mol. The first-order valence-electron chi connectivity index (χ1n) is 12.3. The van der Waals surface area contributed by atoms with E-state index in [1.54, 1.807) is 10.7 Å². The van der Waals surface area contributed by atoms with E-state index < -0.39 is 0 Å². The lowest BCUT2D eigenvalue weighted by Crippen LogP contribution is -2.51. The fraction of sp³-hybridized carbons (Fsp3) is 0.720. The second-order valence-electron chi connectivity index (χ2n) is 11.1. The van der Waals surface area contributed by atoms with Crippen LogP contribution in [0.5, 0.6) is 0 Å². The van der Waals surface area contributed by atoms with Gasteiger partial charge in [0.15, 0.2) is 0 Å². The van der Waals surface area contributed by atoms with Gasteiger partial charge < -0.3 is 14.3 Å². The van der Waals surface area contributed by atoms with E-state index in [1.165, 1.54) is 12.8 Å². The van der Waals surface area contributed by atoms with Gasteiger partial charge in [0.05, 0.1) is 0 Å². The summed E-state index contributed by atoms with van der Waals surface area (Å²) in [5.41, 5.74) is 2.10. The molecule has 182 valence electrons. The number of aromatic nitrogens is 3. The minimum atomic E-state index is -0.0374. The van der Waals surface area contributed by atoms with Gasteiger partial charge in [0.1, 0.15) is 27.9 Å². The van der Waals surface area contributed by atoms with Gasteiger partial charge >= 0.3 is 0 Å². The molecule has 2 aliphatic rings. The van der Waals surface area contributed by atoms with Crippen LogP contribution >= 0.6 is 11.6 Å². The minimum Gasteiger partial charge on any atom is -0.361 e. The second kappa shape index (κ2) is 9.41. The SMILES string of the molecule is CCn1nc(-c2cc(C)on2)c(C(=O)N2CCCC3(CCN(CCC(C)(C)C)CC3)C2)c1Cl. The molecule has 2 aromatic heterocycles. The Bertz CT molecular complexity index is 982. The maximum Gasteiger partial charge on any atom is 0.259 e. The lowest BCUT2D eigenvalue weighted by molar-refractivity contribution is 0.0196. The van der Waals surface area contributed by atoms with Crippen LogP contribution in [0, 0.1) is 17.8 Å². The lowest BCUT2D eigenvalue weighted by Gasteiger charge is -2.48. The van der Waals surface area contributed by atoms with Crippen molar-refractivity contribution in [2.45, 2.75) is 73.3 Å². The molecule has 8 heteroatoms. The Balaban J connectivity index is 1.49. The van der Waals surface area contributed by atoms with Crippen LogP contribution in [0.25, 0.3) is 11.4 Å². The molecule has 0 unspecified atom stereocenters. The Labute approximate surface area is 202 Å². The first-order valence-corrected chi connectivity index (χ1v) is 12.7. The molecule has 0 saturated carbocycles. The Hall–Kier alpha value is -1.86. The zero-order valence-corrected chi connectivity index (χ0v) is 21.5. The molecule has 0 N–H and O–H groups in total. The summed E-state index contributed by atoms with van der Waals surface area (Å²) < 4.78 is 6.92. The summed E-state index contributed by atoms with van der Waals surface area (Å²) in [6.45, 7) is 16.3. The molecular formula is C25H38ClN5O2. The van der Waals surface area contributed by atoms with Crippen LogP contribution in [-0.4, -0.2) is 63.4 Å². The lowest BCUT2D eigenvalue weighted by atomic mass is 9.72. The zero-order chi connectivity index (χ0) is 23.8. The van der Waals surface area contributed by atoms with Crippen LogP contribution in [-0.2, 0) is 6.54 Å². The summed E-state index contributed by atoms with van der Waals surface area (Å²) in [4.78, 5) is 18.4. The molecule has 1 spiro atoms. The van der Waals surface area contributed by atoms with Crippen molar-refractivity contribution in [2.75, 3.05) is 32.7 Å². The van der Waals surface area contributed by atoms with Crippen molar-refractivity contribution in [3.8, 4) is 11.4 Å². The van der Waals surface area contributed by atoms with Crippen molar-refractivity contribution in [1.82, 2.24) is 24.7 Å². The highest BCUT2D eigenvalue weighted by Crippen LogP contribution is 2.41. The molecule has 0 aromatic carbocycles. The number of carbonyl (C=O) groups excluding carboxylic acids is 1. The van der Waals surface area contributed by atoms with Gasteiger partial charge in [0.25, 0.3) is 5.91 Å². The quantitative estimate of drug-likeness (QED) is 0.588. The van der Waals surface area contributed by atoms with Gasteiger partial charge in [0, 0.05) is 25.7 Å². The maximum absolute atomic E-state index is 13.8. The molecule has 33 heavy (non-hydrogen) atoms. The highest BCUT2D eigenvalue weighted by molar-refractivity contribution is 6.33. The number of piperidine rings is 2. The average Bonchev–Trinajstić information content (AvgIpc) is 3.35. The first kappa shape index (κ1) is 24.3. The monoisotopic (exact) mass is 475 g/mol.